The number of hydrogen-bond acceptors (Lipinski definition) is 4. The van der Waals surface area contributed by atoms with Crippen LogP contribution in [0.1, 0.15) is 17.7 Å². The summed E-state index contributed by atoms with van der Waals surface area (Å²) in [5.41, 5.74) is 2.49. The minimum Gasteiger partial charge on any atom is -0.381 e. The second-order valence-corrected chi connectivity index (χ2v) is 4.39. The fraction of sp³-hybridized carbons (Fsp3) is 0.636. The summed E-state index contributed by atoms with van der Waals surface area (Å²) >= 11 is 0. The third kappa shape index (κ3) is 1.87. The first kappa shape index (κ1) is 9.24. The SMILES string of the molecule is c1ncc2c(n1)CN(CC1CCOC1)C2. The lowest BCUT2D eigenvalue weighted by atomic mass is 10.1. The van der Waals surface area contributed by atoms with Crippen molar-refractivity contribution in [3.05, 3.63) is 23.8 Å². The van der Waals surface area contributed by atoms with Crippen LogP contribution in [0, 0.1) is 5.92 Å². The van der Waals surface area contributed by atoms with Gasteiger partial charge in [0.15, 0.2) is 0 Å². The van der Waals surface area contributed by atoms with Gasteiger partial charge < -0.3 is 4.74 Å². The molecule has 1 saturated heterocycles. The van der Waals surface area contributed by atoms with Gasteiger partial charge in [0.2, 0.25) is 0 Å². The third-order valence-corrected chi connectivity index (χ3v) is 3.19. The van der Waals surface area contributed by atoms with Gasteiger partial charge in [0.05, 0.1) is 12.3 Å². The number of rotatable bonds is 2. The molecule has 1 unspecified atom stereocenters. The van der Waals surface area contributed by atoms with Gasteiger partial charge in [-0.15, -0.1) is 0 Å². The summed E-state index contributed by atoms with van der Waals surface area (Å²) < 4.78 is 5.39. The van der Waals surface area contributed by atoms with Crippen LogP contribution in [0.2, 0.25) is 0 Å². The van der Waals surface area contributed by atoms with E-state index in [0.29, 0.717) is 5.92 Å². The van der Waals surface area contributed by atoms with Gasteiger partial charge in [0, 0.05) is 38.0 Å². The van der Waals surface area contributed by atoms with E-state index in [2.05, 4.69) is 14.9 Å². The van der Waals surface area contributed by atoms with Crippen molar-refractivity contribution in [2.75, 3.05) is 19.8 Å². The van der Waals surface area contributed by atoms with E-state index in [-0.39, 0.29) is 0 Å². The maximum absolute atomic E-state index is 5.39. The first-order valence-corrected chi connectivity index (χ1v) is 5.49. The Morgan fingerprint density at radius 3 is 3.27 bits per heavy atom. The molecule has 1 atom stereocenters. The lowest BCUT2D eigenvalue weighted by Crippen LogP contribution is -2.24. The molecule has 2 aliphatic rings. The van der Waals surface area contributed by atoms with Crippen molar-refractivity contribution >= 4 is 0 Å². The van der Waals surface area contributed by atoms with E-state index < -0.39 is 0 Å². The highest BCUT2D eigenvalue weighted by molar-refractivity contribution is 5.20. The van der Waals surface area contributed by atoms with Crippen molar-refractivity contribution in [3.63, 3.8) is 0 Å². The van der Waals surface area contributed by atoms with Gasteiger partial charge in [-0.2, -0.15) is 0 Å². The molecule has 0 saturated carbocycles. The Hall–Kier alpha value is -1.00. The molecule has 0 aliphatic carbocycles. The maximum atomic E-state index is 5.39. The van der Waals surface area contributed by atoms with Crippen LogP contribution in [-0.4, -0.2) is 34.6 Å². The van der Waals surface area contributed by atoms with Crippen LogP contribution in [0.5, 0.6) is 0 Å². The molecule has 4 heteroatoms. The Kier molecular flexibility index (Phi) is 2.38. The number of fused-ring (bicyclic) bond motifs is 1. The highest BCUT2D eigenvalue weighted by Gasteiger charge is 2.24. The van der Waals surface area contributed by atoms with Gasteiger partial charge in [-0.3, -0.25) is 4.90 Å². The molecule has 0 spiro atoms. The highest BCUT2D eigenvalue weighted by atomic mass is 16.5. The quantitative estimate of drug-likeness (QED) is 0.716. The van der Waals surface area contributed by atoms with Crippen LogP contribution in [0.15, 0.2) is 12.5 Å². The molecule has 3 heterocycles. The van der Waals surface area contributed by atoms with Crippen LogP contribution in [0.25, 0.3) is 0 Å². The van der Waals surface area contributed by atoms with Crippen molar-refractivity contribution in [2.45, 2.75) is 19.5 Å². The molecule has 0 amide bonds. The van der Waals surface area contributed by atoms with Gasteiger partial charge in [-0.05, 0) is 12.3 Å². The average Bonchev–Trinajstić information content (AvgIpc) is 2.86. The van der Waals surface area contributed by atoms with Gasteiger partial charge in [0.1, 0.15) is 6.33 Å². The normalized spacial score (nSPS) is 25.7. The largest absolute Gasteiger partial charge is 0.381 e. The molecule has 0 radical (unpaired) electrons. The predicted molar refractivity (Wildman–Crippen MR) is 55.1 cm³/mol. The third-order valence-electron chi connectivity index (χ3n) is 3.19. The summed E-state index contributed by atoms with van der Waals surface area (Å²) in [6.07, 6.45) is 4.78. The zero-order chi connectivity index (χ0) is 10.1. The van der Waals surface area contributed by atoms with Crippen LogP contribution in [0.4, 0.5) is 0 Å². The summed E-state index contributed by atoms with van der Waals surface area (Å²) in [7, 11) is 0. The van der Waals surface area contributed by atoms with Crippen molar-refractivity contribution in [1.82, 2.24) is 14.9 Å². The standard InChI is InChI=1S/C11H15N3O/c1-2-15-7-9(1)4-14-5-10-3-12-8-13-11(10)6-14/h3,8-9H,1-2,4-7H2. The lowest BCUT2D eigenvalue weighted by molar-refractivity contribution is 0.167. The van der Waals surface area contributed by atoms with Crippen molar-refractivity contribution in [2.24, 2.45) is 5.92 Å². The number of aromatic nitrogens is 2. The molecule has 0 bridgehead atoms. The molecular weight excluding hydrogens is 190 g/mol. The predicted octanol–water partition coefficient (Wildman–Crippen LogP) is 0.829. The number of nitrogens with zero attached hydrogens (tertiary/aromatic N) is 3. The topological polar surface area (TPSA) is 38.2 Å². The maximum Gasteiger partial charge on any atom is 0.115 e. The van der Waals surface area contributed by atoms with Crippen molar-refractivity contribution in [3.8, 4) is 0 Å². The lowest BCUT2D eigenvalue weighted by Gasteiger charge is -2.17. The average molecular weight is 205 g/mol. The Morgan fingerprint density at radius 2 is 2.47 bits per heavy atom. The second-order valence-electron chi connectivity index (χ2n) is 4.39. The van der Waals surface area contributed by atoms with E-state index in [4.69, 9.17) is 4.74 Å². The minimum absolute atomic E-state index is 0.715. The van der Waals surface area contributed by atoms with Crippen molar-refractivity contribution in [1.29, 1.82) is 0 Å². The first-order chi connectivity index (χ1) is 7.42. The van der Waals surface area contributed by atoms with Gasteiger partial charge in [0.25, 0.3) is 0 Å². The second kappa shape index (κ2) is 3.87. The summed E-state index contributed by atoms with van der Waals surface area (Å²) in [6.45, 7) is 4.99. The van der Waals surface area contributed by atoms with Crippen LogP contribution in [-0.2, 0) is 17.8 Å². The van der Waals surface area contributed by atoms with E-state index in [1.54, 1.807) is 6.33 Å². The Balaban J connectivity index is 1.63. The molecule has 15 heavy (non-hydrogen) atoms. The van der Waals surface area contributed by atoms with Crippen LogP contribution in [0.3, 0.4) is 0 Å². The zero-order valence-electron chi connectivity index (χ0n) is 8.72. The number of hydrogen-bond donors (Lipinski definition) is 0. The zero-order valence-corrected chi connectivity index (χ0v) is 8.72. The van der Waals surface area contributed by atoms with E-state index in [1.165, 1.54) is 17.7 Å². The van der Waals surface area contributed by atoms with Crippen LogP contribution >= 0.6 is 0 Å². The van der Waals surface area contributed by atoms with E-state index >= 15 is 0 Å². The first-order valence-electron chi connectivity index (χ1n) is 5.49. The van der Waals surface area contributed by atoms with E-state index in [1.807, 2.05) is 6.20 Å². The molecule has 80 valence electrons. The minimum atomic E-state index is 0.715. The summed E-state index contributed by atoms with van der Waals surface area (Å²) in [4.78, 5) is 10.8. The molecule has 2 aliphatic heterocycles. The monoisotopic (exact) mass is 205 g/mol. The van der Waals surface area contributed by atoms with Crippen molar-refractivity contribution < 1.29 is 4.74 Å². The van der Waals surface area contributed by atoms with Gasteiger partial charge >= 0.3 is 0 Å². The smallest absolute Gasteiger partial charge is 0.115 e. The molecular formula is C11H15N3O. The fourth-order valence-electron chi connectivity index (χ4n) is 2.39. The highest BCUT2D eigenvalue weighted by Crippen LogP contribution is 2.22. The summed E-state index contributed by atoms with van der Waals surface area (Å²) in [5, 5.41) is 0. The van der Waals surface area contributed by atoms with E-state index in [0.717, 1.165) is 32.8 Å². The Labute approximate surface area is 89.3 Å². The molecule has 3 rings (SSSR count). The number of ether oxygens (including phenoxy) is 1. The molecule has 1 aromatic heterocycles. The molecule has 4 nitrogen and oxygen atoms in total. The van der Waals surface area contributed by atoms with E-state index in [9.17, 15) is 0 Å². The van der Waals surface area contributed by atoms with Gasteiger partial charge in [-0.1, -0.05) is 0 Å². The summed E-state index contributed by atoms with van der Waals surface area (Å²) in [6, 6.07) is 0. The Morgan fingerprint density at radius 1 is 1.47 bits per heavy atom. The summed E-state index contributed by atoms with van der Waals surface area (Å²) in [5.74, 6) is 0.715. The van der Waals surface area contributed by atoms with Crippen LogP contribution < -0.4 is 0 Å². The molecule has 0 N–H and O–H groups in total. The Bertz CT molecular complexity index is 324. The molecule has 1 fully saturated rings. The fourth-order valence-corrected chi connectivity index (χ4v) is 2.39. The van der Waals surface area contributed by atoms with Gasteiger partial charge in [-0.25, -0.2) is 9.97 Å². The molecule has 1 aromatic rings. The molecule has 0 aromatic carbocycles.